The van der Waals surface area contributed by atoms with Crippen molar-refractivity contribution >= 4 is 29.9 Å². The van der Waals surface area contributed by atoms with Crippen LogP contribution in [0.1, 0.15) is 17.5 Å². The Hall–Kier alpha value is -2.04. The molecule has 0 saturated carbocycles. The molecule has 0 bridgehead atoms. The maximum absolute atomic E-state index is 6.14. The average molecular weight is 564 g/mol. The Labute approximate surface area is 213 Å². The van der Waals surface area contributed by atoms with E-state index in [1.807, 2.05) is 19.2 Å². The number of hydrogen-bond acceptors (Lipinski definition) is 5. The Kier molecular flexibility index (Phi) is 8.32. The van der Waals surface area contributed by atoms with Crippen molar-refractivity contribution in [1.82, 2.24) is 15.1 Å². The van der Waals surface area contributed by atoms with Gasteiger partial charge in [-0.25, -0.2) is 0 Å². The normalized spacial score (nSPS) is 22.8. The van der Waals surface area contributed by atoms with E-state index >= 15 is 0 Å². The number of morpholine rings is 1. The number of guanidine groups is 1. The molecule has 0 radical (unpaired) electrons. The summed E-state index contributed by atoms with van der Waals surface area (Å²) < 4.78 is 17.9. The van der Waals surface area contributed by atoms with Crippen molar-refractivity contribution in [3.63, 3.8) is 0 Å². The quantitative estimate of drug-likeness (QED) is 0.350. The number of aliphatic imine (C=N–C) groups is 1. The van der Waals surface area contributed by atoms with E-state index in [0.717, 1.165) is 62.2 Å². The fourth-order valence-corrected chi connectivity index (χ4v) is 4.85. The van der Waals surface area contributed by atoms with Gasteiger partial charge in [0.1, 0.15) is 0 Å². The van der Waals surface area contributed by atoms with Crippen LogP contribution in [0.5, 0.6) is 11.5 Å². The summed E-state index contributed by atoms with van der Waals surface area (Å²) in [5, 5.41) is 3.54. The predicted octanol–water partition coefficient (Wildman–Crippen LogP) is 3.13. The van der Waals surface area contributed by atoms with Crippen molar-refractivity contribution in [3.8, 4) is 11.5 Å². The van der Waals surface area contributed by atoms with E-state index in [4.69, 9.17) is 14.2 Å². The first kappa shape index (κ1) is 24.1. The fourth-order valence-electron chi connectivity index (χ4n) is 4.85. The maximum atomic E-state index is 6.14. The molecule has 0 spiro atoms. The van der Waals surface area contributed by atoms with Gasteiger partial charge in [0.05, 0.1) is 32.0 Å². The number of nitrogens with one attached hydrogen (secondary N) is 1. The second-order valence-electron chi connectivity index (χ2n) is 8.53. The first-order valence-electron chi connectivity index (χ1n) is 11.5. The summed E-state index contributed by atoms with van der Waals surface area (Å²) in [5.41, 5.74) is 2.44. The van der Waals surface area contributed by atoms with Gasteiger partial charge >= 0.3 is 0 Å². The fraction of sp³-hybridized carbons (Fsp3) is 0.480. The van der Waals surface area contributed by atoms with E-state index in [9.17, 15) is 0 Å². The van der Waals surface area contributed by atoms with Crippen molar-refractivity contribution in [2.75, 3.05) is 46.5 Å². The van der Waals surface area contributed by atoms with Gasteiger partial charge in [0.15, 0.2) is 17.5 Å². The second-order valence-corrected chi connectivity index (χ2v) is 8.53. The lowest BCUT2D eigenvalue weighted by atomic mass is 10.1. The molecule has 2 aromatic carbocycles. The van der Waals surface area contributed by atoms with Crippen molar-refractivity contribution in [1.29, 1.82) is 0 Å². The Morgan fingerprint density at radius 3 is 2.73 bits per heavy atom. The Balaban J connectivity index is 0.00000259. The van der Waals surface area contributed by atoms with Gasteiger partial charge in [0.25, 0.3) is 0 Å². The van der Waals surface area contributed by atoms with E-state index in [0.29, 0.717) is 25.8 Å². The summed E-state index contributed by atoms with van der Waals surface area (Å²) in [7, 11) is 1.85. The number of nitrogens with zero attached hydrogens (tertiary/aromatic N) is 3. The van der Waals surface area contributed by atoms with Gasteiger partial charge in [0, 0.05) is 51.8 Å². The summed E-state index contributed by atoms with van der Waals surface area (Å²) in [6, 6.07) is 17.1. The number of likely N-dealkylation sites (tertiary alicyclic amines) is 1. The monoisotopic (exact) mass is 564 g/mol. The lowest BCUT2D eigenvalue weighted by molar-refractivity contribution is -0.0502. The summed E-state index contributed by atoms with van der Waals surface area (Å²) >= 11 is 0. The highest BCUT2D eigenvalue weighted by Gasteiger charge is 2.41. The molecule has 1 N–H and O–H groups in total. The predicted molar refractivity (Wildman–Crippen MR) is 140 cm³/mol. The lowest BCUT2D eigenvalue weighted by Gasteiger charge is -2.36. The molecule has 2 fully saturated rings. The zero-order valence-electron chi connectivity index (χ0n) is 19.1. The highest BCUT2D eigenvalue weighted by Crippen LogP contribution is 2.33. The number of hydrogen-bond donors (Lipinski definition) is 1. The van der Waals surface area contributed by atoms with E-state index in [1.165, 1.54) is 5.56 Å². The molecule has 2 aromatic rings. The van der Waals surface area contributed by atoms with Gasteiger partial charge in [0.2, 0.25) is 0 Å². The maximum Gasteiger partial charge on any atom is 0.194 e. The number of para-hydroxylation sites is 1. The molecule has 178 valence electrons. The third kappa shape index (κ3) is 5.55. The van der Waals surface area contributed by atoms with Crippen LogP contribution in [0, 0.1) is 0 Å². The smallest absolute Gasteiger partial charge is 0.194 e. The summed E-state index contributed by atoms with van der Waals surface area (Å²) in [6.07, 6.45) is 1.11. The molecule has 3 aliphatic heterocycles. The Morgan fingerprint density at radius 1 is 1.03 bits per heavy atom. The number of halogens is 1. The van der Waals surface area contributed by atoms with Crippen LogP contribution in [-0.4, -0.2) is 74.4 Å². The molecule has 8 heteroatoms. The summed E-state index contributed by atoms with van der Waals surface area (Å²) in [4.78, 5) is 9.44. The molecule has 5 rings (SSSR count). The average Bonchev–Trinajstić information content (AvgIpc) is 3.11. The van der Waals surface area contributed by atoms with Crippen molar-refractivity contribution < 1.29 is 14.2 Å². The molecule has 0 amide bonds. The van der Waals surface area contributed by atoms with Crippen LogP contribution in [0.2, 0.25) is 0 Å². The Bertz CT molecular complexity index is 943. The topological polar surface area (TPSA) is 58.6 Å². The molecule has 3 aliphatic rings. The third-order valence-electron chi connectivity index (χ3n) is 6.45. The Morgan fingerprint density at radius 2 is 1.88 bits per heavy atom. The van der Waals surface area contributed by atoms with Gasteiger partial charge in [-0.15, -0.1) is 24.0 Å². The molecule has 2 saturated heterocycles. The molecule has 3 heterocycles. The minimum absolute atomic E-state index is 0. The second kappa shape index (κ2) is 11.4. The van der Waals surface area contributed by atoms with E-state index in [1.54, 1.807) is 0 Å². The first-order chi connectivity index (χ1) is 15.8. The highest BCUT2D eigenvalue weighted by molar-refractivity contribution is 14.0. The number of rotatable bonds is 4. The van der Waals surface area contributed by atoms with Gasteiger partial charge in [-0.3, -0.25) is 9.89 Å². The van der Waals surface area contributed by atoms with E-state index < -0.39 is 0 Å². The van der Waals surface area contributed by atoms with Crippen LogP contribution in [0.4, 0.5) is 0 Å². The van der Waals surface area contributed by atoms with Crippen LogP contribution >= 0.6 is 24.0 Å². The SMILES string of the molecule is CN=C(NCc1cccc2c1OCCCO2)N1CC2OCCN(Cc3ccccc3)C2C1.I. The van der Waals surface area contributed by atoms with Crippen LogP contribution in [0.25, 0.3) is 0 Å². The first-order valence-corrected chi connectivity index (χ1v) is 11.5. The summed E-state index contributed by atoms with van der Waals surface area (Å²) in [6.45, 7) is 6.47. The molecule has 0 aromatic heterocycles. The van der Waals surface area contributed by atoms with Crippen molar-refractivity contribution in [3.05, 3.63) is 59.7 Å². The third-order valence-corrected chi connectivity index (χ3v) is 6.45. The molecule has 0 aliphatic carbocycles. The van der Waals surface area contributed by atoms with Gasteiger partial charge in [-0.1, -0.05) is 42.5 Å². The highest BCUT2D eigenvalue weighted by atomic mass is 127. The van der Waals surface area contributed by atoms with E-state index in [-0.39, 0.29) is 30.1 Å². The molecular formula is C25H33IN4O3. The van der Waals surface area contributed by atoms with Gasteiger partial charge in [-0.2, -0.15) is 0 Å². The van der Waals surface area contributed by atoms with Gasteiger partial charge in [-0.05, 0) is 11.6 Å². The lowest BCUT2D eigenvalue weighted by Crippen LogP contribution is -2.50. The van der Waals surface area contributed by atoms with Crippen LogP contribution in [0.15, 0.2) is 53.5 Å². The number of benzene rings is 2. The number of ether oxygens (including phenoxy) is 3. The molecule has 2 unspecified atom stereocenters. The molecule has 33 heavy (non-hydrogen) atoms. The molecular weight excluding hydrogens is 531 g/mol. The molecule has 2 atom stereocenters. The number of fused-ring (bicyclic) bond motifs is 2. The van der Waals surface area contributed by atoms with Crippen LogP contribution < -0.4 is 14.8 Å². The zero-order chi connectivity index (χ0) is 21.8. The minimum Gasteiger partial charge on any atom is -0.490 e. The minimum atomic E-state index is 0. The van der Waals surface area contributed by atoms with Gasteiger partial charge < -0.3 is 24.4 Å². The van der Waals surface area contributed by atoms with Crippen LogP contribution in [0.3, 0.4) is 0 Å². The van der Waals surface area contributed by atoms with Crippen LogP contribution in [-0.2, 0) is 17.8 Å². The summed E-state index contributed by atoms with van der Waals surface area (Å²) in [5.74, 6) is 2.57. The van der Waals surface area contributed by atoms with Crippen molar-refractivity contribution in [2.45, 2.75) is 31.7 Å². The largest absolute Gasteiger partial charge is 0.490 e. The zero-order valence-corrected chi connectivity index (χ0v) is 21.4. The van der Waals surface area contributed by atoms with E-state index in [2.05, 4.69) is 56.5 Å². The van der Waals surface area contributed by atoms with Crippen molar-refractivity contribution in [2.24, 2.45) is 4.99 Å². The standard InChI is InChI=1S/C25H32N4O3.HI/c1-26-25(27-15-20-9-5-10-22-24(20)32-13-6-12-30-22)29-17-21-23(18-29)31-14-11-28(21)16-19-7-3-2-4-8-19;/h2-5,7-10,21,23H,6,11-18H2,1H3,(H,26,27);1H. The molecule has 7 nitrogen and oxygen atoms in total.